The monoisotopic (exact) mass is 1120 g/mol. The molecule has 416 valence electrons. The van der Waals surface area contributed by atoms with Gasteiger partial charge < -0.3 is 57.7 Å². The Labute approximate surface area is 487 Å². The van der Waals surface area contributed by atoms with Crippen LogP contribution in [0.15, 0.2) is 109 Å². The Bertz CT molecular complexity index is 3790. The highest BCUT2D eigenvalue weighted by molar-refractivity contribution is 6.62. The van der Waals surface area contributed by atoms with Gasteiger partial charge in [0.15, 0.2) is 0 Å². The summed E-state index contributed by atoms with van der Waals surface area (Å²) in [7, 11) is -3.44. The molecule has 0 amide bonds. The Morgan fingerprint density at radius 3 is 1.27 bits per heavy atom. The first-order valence-corrected chi connectivity index (χ1v) is 26.5. The number of nitriles is 4. The molecule has 6 heterocycles. The molecule has 0 bridgehead atoms. The molecule has 8 aromatic rings. The first-order chi connectivity index (χ1) is 40.3. The fraction of sp³-hybridized carbons (Fsp3) is 0.194. The molecule has 0 aliphatic carbocycles. The van der Waals surface area contributed by atoms with Crippen molar-refractivity contribution < 1.29 is 57.7 Å². The van der Waals surface area contributed by atoms with Crippen LogP contribution in [0.3, 0.4) is 0 Å². The predicted molar refractivity (Wildman–Crippen MR) is 314 cm³/mol. The van der Waals surface area contributed by atoms with Crippen molar-refractivity contribution in [2.45, 2.75) is 81.8 Å². The quantitative estimate of drug-likeness (QED) is 0.107. The molecule has 4 aliphatic heterocycles. The summed E-state index contributed by atoms with van der Waals surface area (Å²) in [5.74, 6) is 4.32. The van der Waals surface area contributed by atoms with Gasteiger partial charge in [0.05, 0.1) is 55.3 Å². The van der Waals surface area contributed by atoms with Crippen molar-refractivity contribution in [3.63, 3.8) is 0 Å². The third kappa shape index (κ3) is 13.5. The molecular weight excluding hydrogens is 1060 g/mol. The number of aromatic nitrogens is 2. The summed E-state index contributed by atoms with van der Waals surface area (Å²) in [6.45, 7) is 16.8. The average Bonchev–Trinajstić information content (AvgIpc) is 4.10. The largest absolute Gasteiger partial charge is 0.491 e. The maximum atomic E-state index is 9.60. The molecular formula is C62H54B4N6O12. The molecule has 12 rings (SSSR count). The summed E-state index contributed by atoms with van der Waals surface area (Å²) < 4.78 is 43.7. The molecule has 0 saturated heterocycles. The summed E-state index contributed by atoms with van der Waals surface area (Å²) in [5, 5.41) is 75.0. The summed E-state index contributed by atoms with van der Waals surface area (Å²) in [4.78, 5) is 8.65. The average molecular weight is 1120 g/mol. The summed E-state index contributed by atoms with van der Waals surface area (Å²) in [5.41, 5.74) is 16.2. The molecule has 0 fully saturated rings. The SMILES string of the molecule is Cc1cc(C#N)c(Oc2ccc3c(c2)COB3O)cc1C.Cc1cc(C#N)c(Oc2ccc3c(c2)COB3O)nc1C.Cc1cc(Oc2ccc3c(c2)COB3O)cc(C#N)c1C.Cc1nc(Oc2ccc3c(c2)COB3O)cc(C#N)c1C. The van der Waals surface area contributed by atoms with Gasteiger partial charge >= 0.3 is 28.5 Å². The van der Waals surface area contributed by atoms with E-state index in [1.807, 2.05) is 91.8 Å². The van der Waals surface area contributed by atoms with Gasteiger partial charge in [0.2, 0.25) is 11.8 Å². The van der Waals surface area contributed by atoms with E-state index in [9.17, 15) is 30.6 Å². The lowest BCUT2D eigenvalue weighted by molar-refractivity contribution is 0.274. The second kappa shape index (κ2) is 25.9. The Balaban J connectivity index is 0.000000134. The summed E-state index contributed by atoms with van der Waals surface area (Å²) in [6, 6.07) is 40.7. The zero-order chi connectivity index (χ0) is 59.9. The van der Waals surface area contributed by atoms with Crippen LogP contribution >= 0.6 is 0 Å². The zero-order valence-electron chi connectivity index (χ0n) is 47.3. The van der Waals surface area contributed by atoms with Crippen LogP contribution < -0.4 is 40.8 Å². The number of pyridine rings is 2. The van der Waals surface area contributed by atoms with Gasteiger partial charge in [-0.2, -0.15) is 21.0 Å². The highest BCUT2D eigenvalue weighted by Gasteiger charge is 2.31. The van der Waals surface area contributed by atoms with E-state index in [4.69, 9.17) is 48.1 Å². The third-order valence-electron chi connectivity index (χ3n) is 14.7. The van der Waals surface area contributed by atoms with Gasteiger partial charge in [0.1, 0.15) is 52.2 Å². The van der Waals surface area contributed by atoms with Gasteiger partial charge in [-0.3, -0.25) is 0 Å². The van der Waals surface area contributed by atoms with Gasteiger partial charge in [-0.1, -0.05) is 24.3 Å². The fourth-order valence-electron chi connectivity index (χ4n) is 9.26. The van der Waals surface area contributed by atoms with Crippen molar-refractivity contribution in [1.82, 2.24) is 9.97 Å². The lowest BCUT2D eigenvalue weighted by Crippen LogP contribution is -2.27. The van der Waals surface area contributed by atoms with Gasteiger partial charge in [0.25, 0.3) is 0 Å². The molecule has 0 radical (unpaired) electrons. The first kappa shape index (κ1) is 59.3. The van der Waals surface area contributed by atoms with Crippen LogP contribution in [0.1, 0.15) is 89.3 Å². The Kier molecular flexibility index (Phi) is 18.3. The first-order valence-electron chi connectivity index (χ1n) is 26.5. The molecule has 0 atom stereocenters. The van der Waals surface area contributed by atoms with E-state index < -0.39 is 28.5 Å². The molecule has 6 aromatic carbocycles. The number of rotatable bonds is 8. The molecule has 2 aromatic heterocycles. The number of fused-ring (bicyclic) bond motifs is 4. The van der Waals surface area contributed by atoms with Crippen LogP contribution in [0, 0.1) is 101 Å². The second-order valence-electron chi connectivity index (χ2n) is 20.3. The minimum absolute atomic E-state index is 0.292. The number of benzene rings is 6. The van der Waals surface area contributed by atoms with Crippen molar-refractivity contribution in [3.8, 4) is 70.5 Å². The maximum Gasteiger partial charge on any atom is 0.491 e. The summed E-state index contributed by atoms with van der Waals surface area (Å²) in [6.07, 6.45) is 0. The number of hydrogen-bond donors (Lipinski definition) is 4. The van der Waals surface area contributed by atoms with Gasteiger partial charge in [-0.05, 0) is 212 Å². The molecule has 22 heteroatoms. The van der Waals surface area contributed by atoms with E-state index in [-0.39, 0.29) is 0 Å². The van der Waals surface area contributed by atoms with Gasteiger partial charge in [0, 0.05) is 17.5 Å². The molecule has 18 nitrogen and oxygen atoms in total. The van der Waals surface area contributed by atoms with E-state index in [2.05, 4.69) is 34.2 Å². The molecule has 0 unspecified atom stereocenters. The lowest BCUT2D eigenvalue weighted by Gasteiger charge is -2.11. The normalized spacial score (nSPS) is 13.0. The van der Waals surface area contributed by atoms with Crippen LogP contribution in [0.25, 0.3) is 0 Å². The van der Waals surface area contributed by atoms with Crippen molar-refractivity contribution in [2.75, 3.05) is 0 Å². The Hall–Kier alpha value is -9.28. The lowest BCUT2D eigenvalue weighted by atomic mass is 9.79. The van der Waals surface area contributed by atoms with Crippen molar-refractivity contribution >= 4 is 50.3 Å². The summed E-state index contributed by atoms with van der Waals surface area (Å²) >= 11 is 0. The molecule has 84 heavy (non-hydrogen) atoms. The van der Waals surface area contributed by atoms with E-state index in [1.165, 1.54) is 0 Å². The second-order valence-corrected chi connectivity index (χ2v) is 20.3. The zero-order valence-corrected chi connectivity index (χ0v) is 47.3. The van der Waals surface area contributed by atoms with Gasteiger partial charge in [-0.15, -0.1) is 0 Å². The number of nitrogens with zero attached hydrogens (tertiary/aromatic N) is 6. The van der Waals surface area contributed by atoms with Crippen LogP contribution in [0.4, 0.5) is 0 Å². The van der Waals surface area contributed by atoms with E-state index in [1.54, 1.807) is 72.8 Å². The smallest absolute Gasteiger partial charge is 0.457 e. The molecule has 0 saturated carbocycles. The van der Waals surface area contributed by atoms with E-state index in [0.29, 0.717) is 94.9 Å². The van der Waals surface area contributed by atoms with E-state index in [0.717, 1.165) is 88.9 Å². The van der Waals surface area contributed by atoms with Crippen LogP contribution in [0.5, 0.6) is 46.3 Å². The van der Waals surface area contributed by atoms with Crippen LogP contribution in [-0.4, -0.2) is 58.5 Å². The Morgan fingerprint density at radius 2 is 0.798 bits per heavy atom. The molecule has 0 spiro atoms. The predicted octanol–water partition coefficient (Wildman–Crippen LogP) is 7.53. The van der Waals surface area contributed by atoms with E-state index >= 15 is 0 Å². The third-order valence-corrected chi connectivity index (χ3v) is 14.7. The minimum atomic E-state index is -0.872. The van der Waals surface area contributed by atoms with Crippen LogP contribution in [-0.2, 0) is 45.0 Å². The maximum absolute atomic E-state index is 9.60. The Morgan fingerprint density at radius 1 is 0.381 bits per heavy atom. The number of ether oxygens (including phenoxy) is 4. The van der Waals surface area contributed by atoms with Crippen molar-refractivity contribution in [3.05, 3.63) is 198 Å². The molecule has 4 N–H and O–H groups in total. The van der Waals surface area contributed by atoms with Crippen LogP contribution in [0.2, 0.25) is 0 Å². The topological polar surface area (TPSA) is 276 Å². The van der Waals surface area contributed by atoms with Crippen molar-refractivity contribution in [2.24, 2.45) is 0 Å². The standard InChI is InChI=1S/2C16H14BNO3.2C15H13BN2O3/c1-10-5-15(6-12(8-18)11(10)2)21-14-3-4-16-13(7-14)9-20-17(16)19;1-10-5-12(8-18)16(6-11(10)2)21-14-3-4-15-13(7-14)9-20-17(15)19;1-9-10(2)18-15(6-11(9)7-17)21-13-3-4-14-12(5-13)8-20-16(14)19;1-9-5-11(7-17)15(18-10(9)2)21-13-3-4-14-12(6-13)8-20-16(14)19/h2*3-7,19H,9H2,1-2H3;2*3-6,19H,8H2,1-2H3. The minimum Gasteiger partial charge on any atom is -0.457 e. The fourth-order valence-corrected chi connectivity index (χ4v) is 9.26. The number of aryl methyl sites for hydroxylation is 6. The van der Waals surface area contributed by atoms with Crippen molar-refractivity contribution in [1.29, 1.82) is 21.0 Å². The molecule has 4 aliphatic rings. The number of hydrogen-bond acceptors (Lipinski definition) is 18. The van der Waals surface area contributed by atoms with Gasteiger partial charge in [-0.25, -0.2) is 9.97 Å². The highest BCUT2D eigenvalue weighted by atomic mass is 16.5. The highest BCUT2D eigenvalue weighted by Crippen LogP contribution is 2.32.